The second-order valence-corrected chi connectivity index (χ2v) is 6.63. The van der Waals surface area contributed by atoms with Crippen LogP contribution in [0.2, 0.25) is 0 Å². The van der Waals surface area contributed by atoms with Gasteiger partial charge in [0, 0.05) is 5.39 Å². The second-order valence-electron chi connectivity index (χ2n) is 6.63. The van der Waals surface area contributed by atoms with Gasteiger partial charge in [-0.25, -0.2) is 9.98 Å². The predicted molar refractivity (Wildman–Crippen MR) is 108 cm³/mol. The molecule has 0 saturated carbocycles. The van der Waals surface area contributed by atoms with Gasteiger partial charge in [-0.05, 0) is 23.3 Å². The van der Waals surface area contributed by atoms with E-state index in [0.717, 1.165) is 27.7 Å². The van der Waals surface area contributed by atoms with E-state index in [1.807, 2.05) is 60.7 Å². The van der Waals surface area contributed by atoms with Crippen molar-refractivity contribution in [3.05, 3.63) is 114 Å². The number of nitrogens with zero attached hydrogens (tertiary/aromatic N) is 2. The largest absolute Gasteiger partial charge is 0.465 e. The molecule has 4 aromatic rings. The molecule has 0 saturated heterocycles. The minimum absolute atomic E-state index is 0.0862. The van der Waals surface area contributed by atoms with E-state index >= 15 is 0 Å². The molecule has 3 heteroatoms. The lowest BCUT2D eigenvalue weighted by Gasteiger charge is -2.18. The quantitative estimate of drug-likeness (QED) is 0.489. The smallest absolute Gasteiger partial charge is 0.236 e. The third kappa shape index (κ3) is 2.97. The number of hydrogen-bond acceptors (Lipinski definition) is 3. The van der Waals surface area contributed by atoms with E-state index < -0.39 is 0 Å². The van der Waals surface area contributed by atoms with Crippen LogP contribution in [0, 0.1) is 0 Å². The summed E-state index contributed by atoms with van der Waals surface area (Å²) in [6.45, 7) is 0. The standard InChI is InChI=1S/C24H18N2O/c1-3-10-18(11-4-1)22-23(19-12-5-2-6-13-19)27-24(26-22)21-16-15-17-9-7-8-14-20(17)25-21/h1-16,22-23H/t22-,23-/m0/s1. The van der Waals surface area contributed by atoms with Gasteiger partial charge >= 0.3 is 0 Å². The second kappa shape index (κ2) is 6.69. The lowest BCUT2D eigenvalue weighted by molar-refractivity contribution is 0.196. The molecule has 27 heavy (non-hydrogen) atoms. The zero-order chi connectivity index (χ0) is 18.1. The number of aliphatic imine (C=N–C) groups is 1. The Bertz CT molecular complexity index is 1110. The Balaban J connectivity index is 1.58. The van der Waals surface area contributed by atoms with Crippen LogP contribution in [0.4, 0.5) is 0 Å². The maximum absolute atomic E-state index is 6.34. The van der Waals surface area contributed by atoms with Crippen LogP contribution in [0.15, 0.2) is 102 Å². The average molecular weight is 350 g/mol. The van der Waals surface area contributed by atoms with Crippen LogP contribution in [0.1, 0.15) is 29.0 Å². The predicted octanol–water partition coefficient (Wildman–Crippen LogP) is 5.49. The molecule has 130 valence electrons. The molecule has 0 fully saturated rings. The summed E-state index contributed by atoms with van der Waals surface area (Å²) in [7, 11) is 0. The van der Waals surface area contributed by atoms with Crippen LogP contribution in [0.25, 0.3) is 10.9 Å². The van der Waals surface area contributed by atoms with E-state index in [1.54, 1.807) is 0 Å². The van der Waals surface area contributed by atoms with Gasteiger partial charge in [0.15, 0.2) is 6.10 Å². The molecule has 1 aliphatic rings. The molecule has 0 aliphatic carbocycles. The molecular weight excluding hydrogens is 332 g/mol. The summed E-state index contributed by atoms with van der Waals surface area (Å²) >= 11 is 0. The van der Waals surface area contributed by atoms with Gasteiger partial charge in [-0.1, -0.05) is 84.9 Å². The van der Waals surface area contributed by atoms with Crippen molar-refractivity contribution in [3.8, 4) is 0 Å². The third-order valence-corrected chi connectivity index (χ3v) is 4.87. The highest BCUT2D eigenvalue weighted by Crippen LogP contribution is 2.40. The van der Waals surface area contributed by atoms with Crippen LogP contribution >= 0.6 is 0 Å². The molecule has 0 N–H and O–H groups in total. The summed E-state index contributed by atoms with van der Waals surface area (Å²) in [5.41, 5.74) is 3.97. The highest BCUT2D eigenvalue weighted by molar-refractivity contribution is 5.96. The van der Waals surface area contributed by atoms with Crippen molar-refractivity contribution in [3.63, 3.8) is 0 Å². The molecule has 0 bridgehead atoms. The van der Waals surface area contributed by atoms with Crippen LogP contribution in [-0.4, -0.2) is 10.9 Å². The van der Waals surface area contributed by atoms with Gasteiger partial charge < -0.3 is 4.74 Å². The Morgan fingerprint density at radius 3 is 2.07 bits per heavy atom. The third-order valence-electron chi connectivity index (χ3n) is 4.87. The van der Waals surface area contributed by atoms with Gasteiger partial charge in [0.25, 0.3) is 0 Å². The van der Waals surface area contributed by atoms with Crippen LogP contribution in [-0.2, 0) is 4.74 Å². The lowest BCUT2D eigenvalue weighted by atomic mass is 9.97. The molecule has 0 radical (unpaired) electrons. The van der Waals surface area contributed by atoms with E-state index in [1.165, 1.54) is 0 Å². The van der Waals surface area contributed by atoms with E-state index in [-0.39, 0.29) is 12.1 Å². The molecule has 3 aromatic carbocycles. The highest BCUT2D eigenvalue weighted by Gasteiger charge is 2.34. The molecule has 2 heterocycles. The Hall–Kier alpha value is -3.46. The summed E-state index contributed by atoms with van der Waals surface area (Å²) in [5, 5.41) is 1.11. The van der Waals surface area contributed by atoms with Gasteiger partial charge in [0.2, 0.25) is 5.90 Å². The van der Waals surface area contributed by atoms with Gasteiger partial charge in [-0.15, -0.1) is 0 Å². The Kier molecular flexibility index (Phi) is 3.91. The Labute approximate surface area is 158 Å². The SMILES string of the molecule is c1ccc([C@@H]2N=C(c3ccc4ccccc4n3)O[C@H]2c2ccccc2)cc1. The first-order valence-electron chi connectivity index (χ1n) is 9.09. The Morgan fingerprint density at radius 2 is 1.30 bits per heavy atom. The topological polar surface area (TPSA) is 34.5 Å². The van der Waals surface area contributed by atoms with Gasteiger partial charge in [-0.2, -0.15) is 0 Å². The summed E-state index contributed by atoms with van der Waals surface area (Å²) in [6, 6.07) is 32.6. The first-order chi connectivity index (χ1) is 13.4. The van der Waals surface area contributed by atoms with E-state index in [9.17, 15) is 0 Å². The number of pyridine rings is 1. The molecule has 2 atom stereocenters. The van der Waals surface area contributed by atoms with Crippen molar-refractivity contribution in [1.29, 1.82) is 0 Å². The number of rotatable bonds is 3. The van der Waals surface area contributed by atoms with Crippen molar-refractivity contribution in [2.45, 2.75) is 12.1 Å². The van der Waals surface area contributed by atoms with Crippen molar-refractivity contribution in [1.82, 2.24) is 4.98 Å². The number of aromatic nitrogens is 1. The van der Waals surface area contributed by atoms with Gasteiger partial charge in [0.1, 0.15) is 11.7 Å². The molecular formula is C24H18N2O. The molecule has 0 amide bonds. The first-order valence-corrected chi connectivity index (χ1v) is 9.09. The van der Waals surface area contributed by atoms with Crippen LogP contribution in [0.5, 0.6) is 0 Å². The van der Waals surface area contributed by atoms with Crippen molar-refractivity contribution < 1.29 is 4.74 Å². The molecule has 5 rings (SSSR count). The maximum Gasteiger partial charge on any atom is 0.236 e. The molecule has 0 spiro atoms. The molecule has 1 aliphatic heterocycles. The van der Waals surface area contributed by atoms with E-state index in [2.05, 4.69) is 36.4 Å². The Morgan fingerprint density at radius 1 is 0.630 bits per heavy atom. The molecule has 0 unspecified atom stereocenters. The minimum atomic E-state index is -0.156. The normalized spacial score (nSPS) is 18.9. The fourth-order valence-corrected chi connectivity index (χ4v) is 3.51. The van der Waals surface area contributed by atoms with Crippen molar-refractivity contribution in [2.24, 2.45) is 4.99 Å². The molecule has 1 aromatic heterocycles. The lowest BCUT2D eigenvalue weighted by Crippen LogP contribution is -2.09. The number of hydrogen-bond donors (Lipinski definition) is 0. The highest BCUT2D eigenvalue weighted by atomic mass is 16.5. The van der Waals surface area contributed by atoms with Crippen LogP contribution in [0.3, 0.4) is 0 Å². The zero-order valence-corrected chi connectivity index (χ0v) is 14.7. The first kappa shape index (κ1) is 15.8. The van der Waals surface area contributed by atoms with E-state index in [0.29, 0.717) is 5.90 Å². The van der Waals surface area contributed by atoms with E-state index in [4.69, 9.17) is 14.7 Å². The van der Waals surface area contributed by atoms with Crippen LogP contribution < -0.4 is 0 Å². The summed E-state index contributed by atoms with van der Waals surface area (Å²) in [4.78, 5) is 9.68. The summed E-state index contributed by atoms with van der Waals surface area (Å²) in [5.74, 6) is 0.600. The number of fused-ring (bicyclic) bond motifs is 1. The fraction of sp³-hybridized carbons (Fsp3) is 0.0833. The maximum atomic E-state index is 6.34. The zero-order valence-electron chi connectivity index (χ0n) is 14.7. The number of ether oxygens (including phenoxy) is 1. The minimum Gasteiger partial charge on any atom is -0.465 e. The summed E-state index contributed by atoms with van der Waals surface area (Å²) in [6.07, 6.45) is -0.156. The van der Waals surface area contributed by atoms with Crippen molar-refractivity contribution >= 4 is 16.8 Å². The fourth-order valence-electron chi connectivity index (χ4n) is 3.51. The van der Waals surface area contributed by atoms with Crippen molar-refractivity contribution in [2.75, 3.05) is 0 Å². The number of para-hydroxylation sites is 1. The van der Waals surface area contributed by atoms with Gasteiger partial charge in [0.05, 0.1) is 5.52 Å². The monoisotopic (exact) mass is 350 g/mol. The summed E-state index contributed by atoms with van der Waals surface area (Å²) < 4.78 is 6.34. The molecule has 3 nitrogen and oxygen atoms in total. The average Bonchev–Trinajstić information content (AvgIpc) is 3.20. The van der Waals surface area contributed by atoms with Gasteiger partial charge in [-0.3, -0.25) is 0 Å². The number of benzene rings is 3.